The predicted molar refractivity (Wildman–Crippen MR) is 83.8 cm³/mol. The molecule has 0 saturated heterocycles. The molecular weight excluding hydrogens is 287 g/mol. The van der Waals surface area contributed by atoms with E-state index in [9.17, 15) is 4.57 Å². The fraction of sp³-hybridized carbons (Fsp3) is 0.250. The average Bonchev–Trinajstić information content (AvgIpc) is 2.55. The lowest BCUT2D eigenvalue weighted by Gasteiger charge is -2.13. The van der Waals surface area contributed by atoms with Gasteiger partial charge in [-0.1, -0.05) is 36.4 Å². The van der Waals surface area contributed by atoms with Crippen LogP contribution >= 0.6 is 7.60 Å². The van der Waals surface area contributed by atoms with Crippen molar-refractivity contribution in [1.82, 2.24) is 0 Å². The Balaban J connectivity index is 2.16. The molecular formula is C16H19O4P. The molecule has 5 heteroatoms. The fourth-order valence-corrected chi connectivity index (χ4v) is 3.08. The molecule has 4 nitrogen and oxygen atoms in total. The van der Waals surface area contributed by atoms with Gasteiger partial charge in [-0.15, -0.1) is 0 Å². The highest BCUT2D eigenvalue weighted by molar-refractivity contribution is 7.52. The maximum Gasteiger partial charge on any atom is 0.334 e. The third-order valence-electron chi connectivity index (χ3n) is 3.31. The zero-order valence-corrected chi connectivity index (χ0v) is 13.3. The lowest BCUT2D eigenvalue weighted by molar-refractivity contribution is 0.275. The maximum absolute atomic E-state index is 12.1. The molecule has 0 atom stereocenters. The molecule has 0 bridgehead atoms. The second-order valence-corrected chi connectivity index (χ2v) is 6.83. The smallest absolute Gasteiger partial charge is 0.334 e. The lowest BCUT2D eigenvalue weighted by atomic mass is 10.0. The summed E-state index contributed by atoms with van der Waals surface area (Å²) in [6, 6.07) is 15.7. The molecule has 2 aromatic rings. The van der Waals surface area contributed by atoms with Gasteiger partial charge < -0.3 is 13.8 Å². The summed E-state index contributed by atoms with van der Waals surface area (Å²) in [4.78, 5) is 0. The summed E-state index contributed by atoms with van der Waals surface area (Å²) in [5, 5.41) is 0. The molecule has 0 amide bonds. The van der Waals surface area contributed by atoms with Crippen LogP contribution in [0.2, 0.25) is 0 Å². The van der Waals surface area contributed by atoms with Gasteiger partial charge in [-0.05, 0) is 28.8 Å². The van der Waals surface area contributed by atoms with Crippen LogP contribution in [-0.2, 0) is 19.8 Å². The molecule has 0 aliphatic carbocycles. The molecule has 2 rings (SSSR count). The second-order valence-electron chi connectivity index (χ2n) is 4.56. The summed E-state index contributed by atoms with van der Waals surface area (Å²) < 4.78 is 27.1. The SMILES string of the molecule is COc1ccc(-c2ccc(CP(=O)(OC)OC)cc2)cc1. The van der Waals surface area contributed by atoms with Gasteiger partial charge in [0.1, 0.15) is 5.75 Å². The third kappa shape index (κ3) is 3.94. The van der Waals surface area contributed by atoms with E-state index in [0.717, 1.165) is 22.4 Å². The van der Waals surface area contributed by atoms with Crippen LogP contribution < -0.4 is 4.74 Å². The van der Waals surface area contributed by atoms with Crippen molar-refractivity contribution >= 4 is 7.60 Å². The normalized spacial score (nSPS) is 11.4. The first-order valence-electron chi connectivity index (χ1n) is 6.54. The minimum Gasteiger partial charge on any atom is -0.497 e. The van der Waals surface area contributed by atoms with Crippen molar-refractivity contribution in [2.75, 3.05) is 21.3 Å². The summed E-state index contributed by atoms with van der Waals surface area (Å²) in [5.74, 6) is 0.830. The van der Waals surface area contributed by atoms with E-state index < -0.39 is 7.60 Å². The molecule has 0 aliphatic rings. The largest absolute Gasteiger partial charge is 0.497 e. The van der Waals surface area contributed by atoms with Gasteiger partial charge in [-0.2, -0.15) is 0 Å². The zero-order valence-electron chi connectivity index (χ0n) is 12.4. The number of benzene rings is 2. The highest BCUT2D eigenvalue weighted by atomic mass is 31.2. The fourth-order valence-electron chi connectivity index (χ4n) is 2.01. The molecule has 0 fully saturated rings. The lowest BCUT2D eigenvalue weighted by Crippen LogP contribution is -1.93. The van der Waals surface area contributed by atoms with E-state index in [2.05, 4.69) is 0 Å². The number of ether oxygens (including phenoxy) is 1. The second kappa shape index (κ2) is 6.90. The first kappa shape index (κ1) is 15.8. The van der Waals surface area contributed by atoms with Crippen LogP contribution in [0.25, 0.3) is 11.1 Å². The first-order valence-corrected chi connectivity index (χ1v) is 8.27. The Morgan fingerprint density at radius 1 is 0.810 bits per heavy atom. The Kier molecular flexibility index (Phi) is 5.18. The summed E-state index contributed by atoms with van der Waals surface area (Å²) in [7, 11) is 1.43. The Labute approximate surface area is 125 Å². The van der Waals surface area contributed by atoms with E-state index >= 15 is 0 Å². The standard InChI is InChI=1S/C16H19O4P/c1-18-16-10-8-15(9-11-16)14-6-4-13(5-7-14)12-21(17,19-2)20-3/h4-11H,12H2,1-3H3. The van der Waals surface area contributed by atoms with Crippen molar-refractivity contribution in [2.45, 2.75) is 6.16 Å². The molecule has 112 valence electrons. The molecule has 0 spiro atoms. The molecule has 0 N–H and O–H groups in total. The minimum atomic E-state index is -3.02. The highest BCUT2D eigenvalue weighted by Crippen LogP contribution is 2.49. The number of hydrogen-bond donors (Lipinski definition) is 0. The van der Waals surface area contributed by atoms with Crippen molar-refractivity contribution in [3.63, 3.8) is 0 Å². The molecule has 0 saturated carbocycles. The minimum absolute atomic E-state index is 0.267. The number of hydrogen-bond acceptors (Lipinski definition) is 4. The van der Waals surface area contributed by atoms with Gasteiger partial charge in [-0.3, -0.25) is 4.57 Å². The quantitative estimate of drug-likeness (QED) is 0.744. The van der Waals surface area contributed by atoms with Gasteiger partial charge in [0.2, 0.25) is 0 Å². The van der Waals surface area contributed by atoms with E-state index in [4.69, 9.17) is 13.8 Å². The van der Waals surface area contributed by atoms with Crippen molar-refractivity contribution in [3.05, 3.63) is 54.1 Å². The summed E-state index contributed by atoms with van der Waals surface area (Å²) >= 11 is 0. The predicted octanol–water partition coefficient (Wildman–Crippen LogP) is 4.35. The average molecular weight is 306 g/mol. The Morgan fingerprint density at radius 3 is 1.71 bits per heavy atom. The van der Waals surface area contributed by atoms with Crippen molar-refractivity contribution in [1.29, 1.82) is 0 Å². The van der Waals surface area contributed by atoms with Crippen LogP contribution in [0.3, 0.4) is 0 Å². The summed E-state index contributed by atoms with van der Waals surface area (Å²) in [6.07, 6.45) is 0.267. The Bertz CT molecular complexity index is 612. The molecule has 21 heavy (non-hydrogen) atoms. The van der Waals surface area contributed by atoms with Crippen LogP contribution in [0, 0.1) is 0 Å². The first-order chi connectivity index (χ1) is 10.1. The van der Waals surface area contributed by atoms with E-state index in [1.807, 2.05) is 48.5 Å². The van der Waals surface area contributed by atoms with Crippen molar-refractivity contribution < 1.29 is 18.3 Å². The molecule has 0 unspecified atom stereocenters. The van der Waals surface area contributed by atoms with Crippen LogP contribution in [0.15, 0.2) is 48.5 Å². The van der Waals surface area contributed by atoms with Crippen molar-refractivity contribution in [2.24, 2.45) is 0 Å². The van der Waals surface area contributed by atoms with Gasteiger partial charge in [-0.25, -0.2) is 0 Å². The number of rotatable bonds is 6. The topological polar surface area (TPSA) is 44.8 Å². The van der Waals surface area contributed by atoms with E-state index in [1.165, 1.54) is 14.2 Å². The summed E-state index contributed by atoms with van der Waals surface area (Å²) in [6.45, 7) is 0. The van der Waals surface area contributed by atoms with Crippen LogP contribution in [-0.4, -0.2) is 21.3 Å². The molecule has 2 aromatic carbocycles. The van der Waals surface area contributed by atoms with Crippen LogP contribution in [0.4, 0.5) is 0 Å². The van der Waals surface area contributed by atoms with Crippen LogP contribution in [0.1, 0.15) is 5.56 Å². The Morgan fingerprint density at radius 2 is 1.29 bits per heavy atom. The monoisotopic (exact) mass is 306 g/mol. The van der Waals surface area contributed by atoms with Gasteiger partial charge in [0, 0.05) is 14.2 Å². The maximum atomic E-state index is 12.1. The zero-order chi connectivity index (χ0) is 15.3. The molecule has 0 aliphatic heterocycles. The van der Waals surface area contributed by atoms with E-state index in [0.29, 0.717) is 0 Å². The Hall–Kier alpha value is -1.61. The van der Waals surface area contributed by atoms with Gasteiger partial charge in [0.05, 0.1) is 13.3 Å². The van der Waals surface area contributed by atoms with Crippen LogP contribution in [0.5, 0.6) is 5.75 Å². The molecule has 0 heterocycles. The van der Waals surface area contributed by atoms with Crippen molar-refractivity contribution in [3.8, 4) is 16.9 Å². The van der Waals surface area contributed by atoms with Gasteiger partial charge in [0.15, 0.2) is 0 Å². The van der Waals surface area contributed by atoms with Gasteiger partial charge in [0.25, 0.3) is 0 Å². The molecule has 0 radical (unpaired) electrons. The van der Waals surface area contributed by atoms with E-state index in [-0.39, 0.29) is 6.16 Å². The van der Waals surface area contributed by atoms with E-state index in [1.54, 1.807) is 7.11 Å². The molecule has 0 aromatic heterocycles. The highest BCUT2D eigenvalue weighted by Gasteiger charge is 2.21. The number of methoxy groups -OCH3 is 1. The third-order valence-corrected chi connectivity index (χ3v) is 5.17. The van der Waals surface area contributed by atoms with Gasteiger partial charge >= 0.3 is 7.60 Å². The summed E-state index contributed by atoms with van der Waals surface area (Å²) in [5.41, 5.74) is 3.11.